The molecule has 1 amide bonds. The molecule has 1 aromatic rings. The standard InChI is InChI=1S/C12H11FN2O3/c13-9-3-1-2-8(6-9)7-18-12(17)10-4-5-11(16)15-14-10/h1-3,6H,4-5,7H2,(H,15,16). The van der Waals surface area contributed by atoms with Crippen LogP contribution in [0.15, 0.2) is 29.4 Å². The summed E-state index contributed by atoms with van der Waals surface area (Å²) in [6.07, 6.45) is 0.474. The van der Waals surface area contributed by atoms with Crippen molar-refractivity contribution in [1.82, 2.24) is 5.43 Å². The van der Waals surface area contributed by atoms with Gasteiger partial charge in [0.05, 0.1) is 0 Å². The summed E-state index contributed by atoms with van der Waals surface area (Å²) in [5, 5.41) is 3.61. The summed E-state index contributed by atoms with van der Waals surface area (Å²) >= 11 is 0. The number of nitrogens with one attached hydrogen (secondary N) is 1. The lowest BCUT2D eigenvalue weighted by Crippen LogP contribution is -2.30. The van der Waals surface area contributed by atoms with E-state index >= 15 is 0 Å². The fourth-order valence-corrected chi connectivity index (χ4v) is 1.48. The molecule has 0 radical (unpaired) electrons. The molecule has 0 aliphatic carbocycles. The van der Waals surface area contributed by atoms with Crippen molar-refractivity contribution < 1.29 is 18.7 Å². The van der Waals surface area contributed by atoms with E-state index in [1.165, 1.54) is 18.2 Å². The van der Waals surface area contributed by atoms with Crippen molar-refractivity contribution in [2.75, 3.05) is 0 Å². The number of rotatable bonds is 3. The summed E-state index contributed by atoms with van der Waals surface area (Å²) in [6.45, 7) is -0.0242. The Morgan fingerprint density at radius 2 is 2.28 bits per heavy atom. The van der Waals surface area contributed by atoms with Crippen LogP contribution < -0.4 is 5.43 Å². The molecule has 0 bridgehead atoms. The van der Waals surface area contributed by atoms with Crippen molar-refractivity contribution in [2.45, 2.75) is 19.4 Å². The van der Waals surface area contributed by atoms with Gasteiger partial charge in [-0.15, -0.1) is 0 Å². The van der Waals surface area contributed by atoms with Crippen LogP contribution >= 0.6 is 0 Å². The first-order valence-corrected chi connectivity index (χ1v) is 5.42. The van der Waals surface area contributed by atoms with Gasteiger partial charge in [0.1, 0.15) is 18.1 Å². The average Bonchev–Trinajstić information content (AvgIpc) is 2.37. The Morgan fingerprint density at radius 1 is 1.44 bits per heavy atom. The molecule has 2 rings (SSSR count). The minimum Gasteiger partial charge on any atom is -0.456 e. The first kappa shape index (κ1) is 12.2. The predicted octanol–water partition coefficient (Wildman–Crippen LogP) is 1.13. The van der Waals surface area contributed by atoms with Gasteiger partial charge in [-0.2, -0.15) is 5.10 Å². The molecule has 94 valence electrons. The van der Waals surface area contributed by atoms with Gasteiger partial charge in [0.15, 0.2) is 0 Å². The summed E-state index contributed by atoms with van der Waals surface area (Å²) in [5.74, 6) is -1.21. The van der Waals surface area contributed by atoms with E-state index < -0.39 is 5.97 Å². The number of benzene rings is 1. The Labute approximate surface area is 103 Å². The lowest BCUT2D eigenvalue weighted by Gasteiger charge is -2.11. The molecule has 1 heterocycles. The van der Waals surface area contributed by atoms with E-state index in [1.54, 1.807) is 6.07 Å². The van der Waals surface area contributed by atoms with Crippen molar-refractivity contribution in [3.8, 4) is 0 Å². The second-order valence-electron chi connectivity index (χ2n) is 3.80. The van der Waals surface area contributed by atoms with Gasteiger partial charge in [-0.25, -0.2) is 14.6 Å². The van der Waals surface area contributed by atoms with E-state index in [0.29, 0.717) is 5.56 Å². The lowest BCUT2D eigenvalue weighted by atomic mass is 10.2. The molecule has 0 aromatic heterocycles. The zero-order valence-corrected chi connectivity index (χ0v) is 9.48. The minimum atomic E-state index is -0.598. The lowest BCUT2D eigenvalue weighted by molar-refractivity contribution is -0.137. The smallest absolute Gasteiger partial charge is 0.354 e. The third-order valence-corrected chi connectivity index (χ3v) is 2.40. The van der Waals surface area contributed by atoms with E-state index in [1.807, 2.05) is 0 Å². The molecule has 1 aliphatic rings. The third-order valence-electron chi connectivity index (χ3n) is 2.40. The quantitative estimate of drug-likeness (QED) is 0.818. The van der Waals surface area contributed by atoms with Crippen molar-refractivity contribution >= 4 is 17.6 Å². The summed E-state index contributed by atoms with van der Waals surface area (Å²) in [4.78, 5) is 22.4. The maximum Gasteiger partial charge on any atom is 0.354 e. The van der Waals surface area contributed by atoms with Gasteiger partial charge in [0.2, 0.25) is 5.91 Å². The van der Waals surface area contributed by atoms with Gasteiger partial charge in [-0.3, -0.25) is 4.79 Å². The maximum atomic E-state index is 12.9. The number of amides is 1. The molecule has 1 aromatic carbocycles. The van der Waals surface area contributed by atoms with Crippen molar-refractivity contribution in [2.24, 2.45) is 5.10 Å². The van der Waals surface area contributed by atoms with E-state index in [2.05, 4.69) is 10.5 Å². The van der Waals surface area contributed by atoms with E-state index in [9.17, 15) is 14.0 Å². The number of hydrogen-bond donors (Lipinski definition) is 1. The molecule has 0 atom stereocenters. The molecule has 0 saturated carbocycles. The molecule has 1 aliphatic heterocycles. The van der Waals surface area contributed by atoms with Crippen molar-refractivity contribution in [3.05, 3.63) is 35.6 Å². The Morgan fingerprint density at radius 3 is 2.94 bits per heavy atom. The Hall–Kier alpha value is -2.24. The number of carbonyl (C=O) groups excluding carboxylic acids is 2. The summed E-state index contributed by atoms with van der Waals surface area (Å²) in [5.41, 5.74) is 2.94. The number of esters is 1. The number of ether oxygens (including phenoxy) is 1. The van der Waals surface area contributed by atoms with Gasteiger partial charge < -0.3 is 4.74 Å². The normalized spacial score (nSPS) is 14.7. The number of hydrogen-bond acceptors (Lipinski definition) is 4. The molecule has 0 fully saturated rings. The van der Waals surface area contributed by atoms with Crippen LogP contribution in [0.2, 0.25) is 0 Å². The average molecular weight is 250 g/mol. The highest BCUT2D eigenvalue weighted by Crippen LogP contribution is 2.07. The Kier molecular flexibility index (Phi) is 3.66. The van der Waals surface area contributed by atoms with Crippen LogP contribution in [0.25, 0.3) is 0 Å². The van der Waals surface area contributed by atoms with Crippen LogP contribution in [-0.4, -0.2) is 17.6 Å². The third kappa shape index (κ3) is 3.13. The SMILES string of the molecule is O=C1CCC(C(=O)OCc2cccc(F)c2)=NN1. The molecule has 0 spiro atoms. The number of halogens is 1. The first-order valence-electron chi connectivity index (χ1n) is 5.42. The topological polar surface area (TPSA) is 67.8 Å². The van der Waals surface area contributed by atoms with Crippen LogP contribution in [0.4, 0.5) is 4.39 Å². The molecule has 1 N–H and O–H groups in total. The highest BCUT2D eigenvalue weighted by molar-refractivity contribution is 6.37. The molecule has 0 saturated heterocycles. The maximum absolute atomic E-state index is 12.9. The van der Waals surface area contributed by atoms with Gasteiger partial charge in [0.25, 0.3) is 0 Å². The van der Waals surface area contributed by atoms with Gasteiger partial charge >= 0.3 is 5.97 Å². The molecule has 18 heavy (non-hydrogen) atoms. The number of hydrazone groups is 1. The molecular formula is C12H11FN2O3. The fraction of sp³-hybridized carbons (Fsp3) is 0.250. The van der Waals surface area contributed by atoms with Crippen LogP contribution in [0.3, 0.4) is 0 Å². The van der Waals surface area contributed by atoms with Gasteiger partial charge in [-0.1, -0.05) is 12.1 Å². The van der Waals surface area contributed by atoms with Crippen LogP contribution in [0.1, 0.15) is 18.4 Å². The molecule has 6 heteroatoms. The number of carbonyl (C=O) groups is 2. The highest BCUT2D eigenvalue weighted by Gasteiger charge is 2.19. The Balaban J connectivity index is 1.91. The van der Waals surface area contributed by atoms with Crippen LogP contribution in [0, 0.1) is 5.82 Å². The summed E-state index contributed by atoms with van der Waals surface area (Å²) < 4.78 is 17.8. The second kappa shape index (κ2) is 5.39. The number of nitrogens with zero attached hydrogens (tertiary/aromatic N) is 1. The molecular weight excluding hydrogens is 239 g/mol. The second-order valence-corrected chi connectivity index (χ2v) is 3.80. The predicted molar refractivity (Wildman–Crippen MR) is 61.0 cm³/mol. The largest absolute Gasteiger partial charge is 0.456 e. The van der Waals surface area contributed by atoms with E-state index in [0.717, 1.165) is 0 Å². The van der Waals surface area contributed by atoms with Crippen molar-refractivity contribution in [3.63, 3.8) is 0 Å². The van der Waals surface area contributed by atoms with E-state index in [-0.39, 0.29) is 36.9 Å². The monoisotopic (exact) mass is 250 g/mol. The molecule has 0 unspecified atom stereocenters. The minimum absolute atomic E-state index is 0.0242. The van der Waals surface area contributed by atoms with Crippen molar-refractivity contribution in [1.29, 1.82) is 0 Å². The van der Waals surface area contributed by atoms with E-state index in [4.69, 9.17) is 4.74 Å². The Bertz CT molecular complexity index is 514. The van der Waals surface area contributed by atoms with Gasteiger partial charge in [0, 0.05) is 12.8 Å². The van der Waals surface area contributed by atoms with Crippen LogP contribution in [0.5, 0.6) is 0 Å². The fourth-order valence-electron chi connectivity index (χ4n) is 1.48. The zero-order valence-electron chi connectivity index (χ0n) is 9.48. The van der Waals surface area contributed by atoms with Crippen LogP contribution in [-0.2, 0) is 20.9 Å². The van der Waals surface area contributed by atoms with Gasteiger partial charge in [-0.05, 0) is 17.7 Å². The molecule has 5 nitrogen and oxygen atoms in total. The first-order chi connectivity index (χ1) is 8.65. The summed E-state index contributed by atoms with van der Waals surface area (Å²) in [6, 6.07) is 5.79. The summed E-state index contributed by atoms with van der Waals surface area (Å²) in [7, 11) is 0. The zero-order chi connectivity index (χ0) is 13.0. The highest BCUT2D eigenvalue weighted by atomic mass is 19.1.